The lowest BCUT2D eigenvalue weighted by Gasteiger charge is -2.31. The lowest BCUT2D eigenvalue weighted by Crippen LogP contribution is -2.43. The minimum absolute atomic E-state index is 0.0494. The zero-order valence-corrected chi connectivity index (χ0v) is 19.3. The Hall–Kier alpha value is -1.93. The van der Waals surface area contributed by atoms with Crippen molar-refractivity contribution >= 4 is 21.8 Å². The van der Waals surface area contributed by atoms with E-state index < -0.39 is 15.6 Å². The zero-order valence-electron chi connectivity index (χ0n) is 18.5. The first-order chi connectivity index (χ1) is 14.0. The van der Waals surface area contributed by atoms with Gasteiger partial charge in [0.25, 0.3) is 5.91 Å². The molecule has 0 radical (unpaired) electrons. The van der Waals surface area contributed by atoms with E-state index >= 15 is 0 Å². The highest BCUT2D eigenvalue weighted by molar-refractivity contribution is 7.89. The molecule has 0 aliphatic carbocycles. The van der Waals surface area contributed by atoms with Gasteiger partial charge in [-0.25, -0.2) is 13.1 Å². The van der Waals surface area contributed by atoms with Crippen LogP contribution in [0.3, 0.4) is 0 Å². The summed E-state index contributed by atoms with van der Waals surface area (Å²) in [5, 5.41) is 2.99. The van der Waals surface area contributed by atoms with Crippen LogP contribution in [-0.2, 0) is 14.8 Å². The molecular formula is C22H35N3O4S. The Morgan fingerprint density at radius 2 is 1.67 bits per heavy atom. The number of benzene rings is 1. The van der Waals surface area contributed by atoms with Gasteiger partial charge in [-0.1, -0.05) is 19.8 Å². The highest BCUT2D eigenvalue weighted by Gasteiger charge is 2.28. The number of carbonyl (C=O) groups excluding carboxylic acids is 2. The van der Waals surface area contributed by atoms with E-state index in [0.717, 1.165) is 19.3 Å². The van der Waals surface area contributed by atoms with Gasteiger partial charge in [0.05, 0.1) is 4.90 Å². The van der Waals surface area contributed by atoms with Crippen LogP contribution in [0.1, 0.15) is 70.2 Å². The molecule has 0 saturated carbocycles. The standard InChI is InChI=1S/C22H35N3O4S/c1-5-6-7-14-23-20(26)17-12-15-25(16-13-17)21(27)18-8-10-19(11-9-18)30(28,29)24-22(2,3)4/h8-11,17,24H,5-7,12-16H2,1-4H3,(H,23,26). The molecule has 0 spiro atoms. The van der Waals surface area contributed by atoms with Crippen molar-refractivity contribution in [2.45, 2.75) is 70.2 Å². The molecule has 168 valence electrons. The fourth-order valence-corrected chi connectivity index (χ4v) is 4.92. The van der Waals surface area contributed by atoms with Crippen LogP contribution in [0.5, 0.6) is 0 Å². The molecule has 1 aliphatic heterocycles. The van der Waals surface area contributed by atoms with Crippen LogP contribution in [0.15, 0.2) is 29.2 Å². The molecule has 1 aromatic rings. The summed E-state index contributed by atoms with van der Waals surface area (Å²) in [6.45, 7) is 9.22. The van der Waals surface area contributed by atoms with Crippen molar-refractivity contribution in [1.82, 2.24) is 14.9 Å². The van der Waals surface area contributed by atoms with Crippen LogP contribution < -0.4 is 10.0 Å². The molecular weight excluding hydrogens is 402 g/mol. The predicted molar refractivity (Wildman–Crippen MR) is 118 cm³/mol. The van der Waals surface area contributed by atoms with E-state index in [1.54, 1.807) is 37.8 Å². The largest absolute Gasteiger partial charge is 0.356 e. The zero-order chi connectivity index (χ0) is 22.4. The monoisotopic (exact) mass is 437 g/mol. The van der Waals surface area contributed by atoms with E-state index in [2.05, 4.69) is 17.0 Å². The highest BCUT2D eigenvalue weighted by Crippen LogP contribution is 2.20. The number of piperidine rings is 1. The van der Waals surface area contributed by atoms with Gasteiger partial charge in [0, 0.05) is 36.7 Å². The van der Waals surface area contributed by atoms with Crippen LogP contribution >= 0.6 is 0 Å². The molecule has 0 unspecified atom stereocenters. The lowest BCUT2D eigenvalue weighted by molar-refractivity contribution is -0.126. The third-order valence-corrected chi connectivity index (χ3v) is 6.86. The van der Waals surface area contributed by atoms with E-state index in [9.17, 15) is 18.0 Å². The average Bonchev–Trinajstić information content (AvgIpc) is 2.69. The van der Waals surface area contributed by atoms with Crippen molar-refractivity contribution in [3.63, 3.8) is 0 Å². The van der Waals surface area contributed by atoms with Crippen LogP contribution in [0.25, 0.3) is 0 Å². The number of hydrogen-bond donors (Lipinski definition) is 2. The summed E-state index contributed by atoms with van der Waals surface area (Å²) >= 11 is 0. The summed E-state index contributed by atoms with van der Waals surface area (Å²) in [7, 11) is -3.63. The van der Waals surface area contributed by atoms with Gasteiger partial charge in [-0.05, 0) is 64.3 Å². The van der Waals surface area contributed by atoms with Crippen LogP contribution in [0.4, 0.5) is 0 Å². The molecule has 1 heterocycles. The first kappa shape index (κ1) is 24.3. The van der Waals surface area contributed by atoms with Gasteiger partial charge in [-0.15, -0.1) is 0 Å². The molecule has 1 fully saturated rings. The summed E-state index contributed by atoms with van der Waals surface area (Å²) in [6.07, 6.45) is 4.52. The Kier molecular flexibility index (Phi) is 8.43. The molecule has 2 amide bonds. The molecule has 8 heteroatoms. The molecule has 0 aromatic heterocycles. The van der Waals surface area contributed by atoms with Gasteiger partial charge in [0.15, 0.2) is 0 Å². The van der Waals surface area contributed by atoms with Gasteiger partial charge in [-0.2, -0.15) is 0 Å². The van der Waals surface area contributed by atoms with E-state index in [4.69, 9.17) is 0 Å². The summed E-state index contributed by atoms with van der Waals surface area (Å²) in [6, 6.07) is 6.01. The highest BCUT2D eigenvalue weighted by atomic mass is 32.2. The average molecular weight is 438 g/mol. The van der Waals surface area contributed by atoms with Crippen molar-refractivity contribution in [2.24, 2.45) is 5.92 Å². The minimum Gasteiger partial charge on any atom is -0.356 e. The van der Waals surface area contributed by atoms with Crippen molar-refractivity contribution in [2.75, 3.05) is 19.6 Å². The number of rotatable bonds is 8. The SMILES string of the molecule is CCCCCNC(=O)C1CCN(C(=O)c2ccc(S(=O)(=O)NC(C)(C)C)cc2)CC1. The molecule has 0 bridgehead atoms. The number of carbonyl (C=O) groups is 2. The van der Waals surface area contributed by atoms with Gasteiger partial charge < -0.3 is 10.2 Å². The first-order valence-corrected chi connectivity index (χ1v) is 12.2. The number of likely N-dealkylation sites (tertiary alicyclic amines) is 1. The Morgan fingerprint density at radius 1 is 1.07 bits per heavy atom. The van der Waals surface area contributed by atoms with Crippen molar-refractivity contribution < 1.29 is 18.0 Å². The van der Waals surface area contributed by atoms with E-state index in [-0.39, 0.29) is 22.6 Å². The molecule has 1 saturated heterocycles. The quantitative estimate of drug-likeness (QED) is 0.611. The van der Waals surface area contributed by atoms with Crippen LogP contribution in [0.2, 0.25) is 0 Å². The number of hydrogen-bond acceptors (Lipinski definition) is 4. The van der Waals surface area contributed by atoms with E-state index in [0.29, 0.717) is 38.0 Å². The lowest BCUT2D eigenvalue weighted by atomic mass is 9.95. The number of unbranched alkanes of at least 4 members (excludes halogenated alkanes) is 2. The van der Waals surface area contributed by atoms with Crippen LogP contribution in [-0.4, -0.2) is 50.3 Å². The molecule has 2 N–H and O–H groups in total. The predicted octanol–water partition coefficient (Wildman–Crippen LogP) is 2.92. The van der Waals surface area contributed by atoms with E-state index in [1.165, 1.54) is 12.1 Å². The normalized spacial score (nSPS) is 15.8. The Labute approximate surface area is 180 Å². The third kappa shape index (κ3) is 7.09. The molecule has 2 rings (SSSR count). The molecule has 7 nitrogen and oxygen atoms in total. The molecule has 30 heavy (non-hydrogen) atoms. The molecule has 0 atom stereocenters. The second-order valence-electron chi connectivity index (χ2n) is 8.94. The van der Waals surface area contributed by atoms with Gasteiger partial charge in [-0.3, -0.25) is 9.59 Å². The number of nitrogens with zero attached hydrogens (tertiary/aromatic N) is 1. The summed E-state index contributed by atoms with van der Waals surface area (Å²) in [5.74, 6) is -0.102. The maximum Gasteiger partial charge on any atom is 0.253 e. The van der Waals surface area contributed by atoms with Crippen molar-refractivity contribution in [1.29, 1.82) is 0 Å². The first-order valence-electron chi connectivity index (χ1n) is 10.7. The number of amides is 2. The number of sulfonamides is 1. The fourth-order valence-electron chi connectivity index (χ4n) is 3.50. The maximum absolute atomic E-state index is 12.8. The second kappa shape index (κ2) is 10.4. The van der Waals surface area contributed by atoms with E-state index in [1.807, 2.05) is 0 Å². The van der Waals surface area contributed by atoms with Gasteiger partial charge >= 0.3 is 0 Å². The second-order valence-corrected chi connectivity index (χ2v) is 10.6. The van der Waals surface area contributed by atoms with Gasteiger partial charge in [0.2, 0.25) is 15.9 Å². The maximum atomic E-state index is 12.8. The Balaban J connectivity index is 1.90. The van der Waals surface area contributed by atoms with Crippen molar-refractivity contribution in [3.8, 4) is 0 Å². The fraction of sp³-hybridized carbons (Fsp3) is 0.636. The Morgan fingerprint density at radius 3 is 2.20 bits per heavy atom. The molecule has 1 aromatic carbocycles. The smallest absolute Gasteiger partial charge is 0.253 e. The van der Waals surface area contributed by atoms with Crippen molar-refractivity contribution in [3.05, 3.63) is 29.8 Å². The van der Waals surface area contributed by atoms with Gasteiger partial charge in [0.1, 0.15) is 0 Å². The summed E-state index contributed by atoms with van der Waals surface area (Å²) < 4.78 is 27.4. The van der Waals surface area contributed by atoms with Crippen LogP contribution in [0, 0.1) is 5.92 Å². The Bertz CT molecular complexity index is 821. The summed E-state index contributed by atoms with van der Waals surface area (Å²) in [5.41, 5.74) is -0.132. The third-order valence-electron chi connectivity index (χ3n) is 5.08. The minimum atomic E-state index is -3.63. The number of nitrogens with one attached hydrogen (secondary N) is 2. The topological polar surface area (TPSA) is 95.6 Å². The molecule has 1 aliphatic rings. The summed E-state index contributed by atoms with van der Waals surface area (Å²) in [4.78, 5) is 26.9.